The lowest BCUT2D eigenvalue weighted by Crippen LogP contribution is -2.44. The molecule has 1 heterocycles. The maximum atomic E-state index is 13.2. The van der Waals surface area contributed by atoms with Gasteiger partial charge in [-0.2, -0.15) is 13.2 Å². The number of morpholine rings is 1. The van der Waals surface area contributed by atoms with Crippen molar-refractivity contribution in [3.63, 3.8) is 0 Å². The number of halogens is 3. The number of carbonyl (C=O) groups excluding carboxylic acids is 1. The maximum Gasteiger partial charge on any atom is 0.416 e. The molecule has 2 amide bonds. The SMILES string of the molecule is O=C(Nc1cccc(C(F)(F)F)c1)N(CCN1CCOCC1)Cc1cccc(OCc2ccccc2)c1. The smallest absolute Gasteiger partial charge is 0.416 e. The van der Waals surface area contributed by atoms with Gasteiger partial charge in [-0.1, -0.05) is 48.5 Å². The molecule has 1 N–H and O–H groups in total. The average Bonchev–Trinajstić information content (AvgIpc) is 2.91. The van der Waals surface area contributed by atoms with Gasteiger partial charge in [0.15, 0.2) is 0 Å². The Morgan fingerprint density at radius 2 is 1.68 bits per heavy atom. The minimum absolute atomic E-state index is 0.0937. The Morgan fingerprint density at radius 3 is 2.43 bits per heavy atom. The molecule has 1 aliphatic rings. The van der Waals surface area contributed by atoms with Crippen LogP contribution in [0.4, 0.5) is 23.7 Å². The number of hydrogen-bond donors (Lipinski definition) is 1. The topological polar surface area (TPSA) is 54.0 Å². The molecule has 9 heteroatoms. The number of alkyl halides is 3. The minimum atomic E-state index is -4.49. The first-order valence-electron chi connectivity index (χ1n) is 12.2. The summed E-state index contributed by atoms with van der Waals surface area (Å²) in [6, 6.07) is 21.5. The van der Waals surface area contributed by atoms with Crippen LogP contribution >= 0.6 is 0 Å². The lowest BCUT2D eigenvalue weighted by Gasteiger charge is -2.30. The molecule has 37 heavy (non-hydrogen) atoms. The van der Waals surface area contributed by atoms with Gasteiger partial charge < -0.3 is 19.7 Å². The molecular weight excluding hydrogens is 483 g/mol. The Labute approximate surface area is 214 Å². The third-order valence-electron chi connectivity index (χ3n) is 6.04. The van der Waals surface area contributed by atoms with Crippen LogP contribution in [0.15, 0.2) is 78.9 Å². The van der Waals surface area contributed by atoms with Gasteiger partial charge in [0.1, 0.15) is 12.4 Å². The van der Waals surface area contributed by atoms with Crippen molar-refractivity contribution in [2.75, 3.05) is 44.7 Å². The Bertz CT molecular complexity index is 1150. The fourth-order valence-electron chi connectivity index (χ4n) is 4.01. The zero-order valence-electron chi connectivity index (χ0n) is 20.4. The lowest BCUT2D eigenvalue weighted by atomic mass is 10.2. The standard InChI is InChI=1S/C28H30F3N3O3/c29-28(30,31)24-9-5-10-25(19-24)32-27(35)34(13-12-33-14-16-36-17-15-33)20-23-8-4-11-26(18-23)37-21-22-6-2-1-3-7-22/h1-11,18-19H,12-17,20-21H2,(H,32,35). The van der Waals surface area contributed by atoms with Gasteiger partial charge in [0.25, 0.3) is 0 Å². The van der Waals surface area contributed by atoms with Gasteiger partial charge in [0, 0.05) is 38.4 Å². The Kier molecular flexibility index (Phi) is 9.03. The van der Waals surface area contributed by atoms with E-state index in [-0.39, 0.29) is 12.2 Å². The highest BCUT2D eigenvalue weighted by atomic mass is 19.4. The average molecular weight is 514 g/mol. The van der Waals surface area contributed by atoms with E-state index in [0.717, 1.165) is 36.3 Å². The quantitative estimate of drug-likeness (QED) is 0.402. The van der Waals surface area contributed by atoms with Crippen molar-refractivity contribution in [2.24, 2.45) is 0 Å². The van der Waals surface area contributed by atoms with Crippen LogP contribution in [0.3, 0.4) is 0 Å². The minimum Gasteiger partial charge on any atom is -0.489 e. The van der Waals surface area contributed by atoms with Gasteiger partial charge in [0.2, 0.25) is 0 Å². The van der Waals surface area contributed by atoms with E-state index >= 15 is 0 Å². The summed E-state index contributed by atoms with van der Waals surface area (Å²) in [6.45, 7) is 4.54. The summed E-state index contributed by atoms with van der Waals surface area (Å²) in [6.07, 6.45) is -4.49. The van der Waals surface area contributed by atoms with Crippen LogP contribution in [0.25, 0.3) is 0 Å². The third-order valence-corrected chi connectivity index (χ3v) is 6.04. The Morgan fingerprint density at radius 1 is 0.946 bits per heavy atom. The fourth-order valence-corrected chi connectivity index (χ4v) is 4.01. The molecule has 1 fully saturated rings. The molecule has 3 aromatic carbocycles. The zero-order chi connectivity index (χ0) is 26.1. The summed E-state index contributed by atoms with van der Waals surface area (Å²) in [7, 11) is 0. The summed E-state index contributed by atoms with van der Waals surface area (Å²) in [5.74, 6) is 0.674. The predicted octanol–water partition coefficient (Wildman–Crippen LogP) is 5.65. The van der Waals surface area contributed by atoms with Crippen LogP contribution < -0.4 is 10.1 Å². The van der Waals surface area contributed by atoms with Crippen molar-refractivity contribution in [2.45, 2.75) is 19.3 Å². The normalized spacial score (nSPS) is 14.2. The summed E-state index contributed by atoms with van der Waals surface area (Å²) in [4.78, 5) is 17.0. The molecule has 1 aliphatic heterocycles. The highest BCUT2D eigenvalue weighted by Crippen LogP contribution is 2.30. The second-order valence-corrected chi connectivity index (χ2v) is 8.81. The van der Waals surface area contributed by atoms with Crippen molar-refractivity contribution in [1.29, 1.82) is 0 Å². The molecule has 0 bridgehead atoms. The Balaban J connectivity index is 1.45. The molecule has 1 saturated heterocycles. The van der Waals surface area contributed by atoms with Gasteiger partial charge in [-0.25, -0.2) is 4.79 Å². The van der Waals surface area contributed by atoms with Crippen molar-refractivity contribution in [3.05, 3.63) is 95.6 Å². The fraction of sp³-hybridized carbons (Fsp3) is 0.321. The van der Waals surface area contributed by atoms with Gasteiger partial charge in [-0.15, -0.1) is 0 Å². The number of hydrogen-bond acceptors (Lipinski definition) is 4. The van der Waals surface area contributed by atoms with Crippen LogP contribution in [-0.2, 0) is 24.1 Å². The van der Waals surface area contributed by atoms with Gasteiger partial charge in [-0.3, -0.25) is 4.90 Å². The number of rotatable bonds is 9. The molecule has 6 nitrogen and oxygen atoms in total. The third kappa shape index (κ3) is 8.23. The Hall–Kier alpha value is -3.56. The van der Waals surface area contributed by atoms with E-state index in [0.29, 0.717) is 38.7 Å². The second-order valence-electron chi connectivity index (χ2n) is 8.81. The second kappa shape index (κ2) is 12.6. The van der Waals surface area contributed by atoms with Crippen molar-refractivity contribution >= 4 is 11.7 Å². The van der Waals surface area contributed by atoms with Gasteiger partial charge >= 0.3 is 12.2 Å². The van der Waals surface area contributed by atoms with Gasteiger partial charge in [0.05, 0.1) is 18.8 Å². The largest absolute Gasteiger partial charge is 0.489 e. The van der Waals surface area contributed by atoms with Gasteiger partial charge in [-0.05, 0) is 41.5 Å². The maximum absolute atomic E-state index is 13.2. The highest BCUT2D eigenvalue weighted by molar-refractivity contribution is 5.89. The van der Waals surface area contributed by atoms with Crippen LogP contribution in [0.1, 0.15) is 16.7 Å². The molecule has 196 valence electrons. The van der Waals surface area contributed by atoms with Crippen LogP contribution in [0.5, 0.6) is 5.75 Å². The van der Waals surface area contributed by atoms with Crippen molar-refractivity contribution in [3.8, 4) is 5.75 Å². The number of nitrogens with one attached hydrogen (secondary N) is 1. The number of nitrogens with zero attached hydrogens (tertiary/aromatic N) is 2. The van der Waals surface area contributed by atoms with E-state index in [2.05, 4.69) is 10.2 Å². The molecule has 3 aromatic rings. The summed E-state index contributed by atoms with van der Waals surface area (Å²) in [5.41, 5.74) is 1.18. The number of benzene rings is 3. The molecule has 0 aromatic heterocycles. The summed E-state index contributed by atoms with van der Waals surface area (Å²) >= 11 is 0. The first kappa shape index (κ1) is 26.5. The lowest BCUT2D eigenvalue weighted by molar-refractivity contribution is -0.137. The number of amides is 2. The van der Waals surface area contributed by atoms with Crippen LogP contribution in [0.2, 0.25) is 0 Å². The molecule has 0 aliphatic carbocycles. The monoisotopic (exact) mass is 513 g/mol. The summed E-state index contributed by atoms with van der Waals surface area (Å²) < 4.78 is 50.7. The van der Waals surface area contributed by atoms with Crippen LogP contribution in [0, 0.1) is 0 Å². The molecule has 4 rings (SSSR count). The molecule has 0 radical (unpaired) electrons. The van der Waals surface area contributed by atoms with E-state index in [1.807, 2.05) is 54.6 Å². The highest BCUT2D eigenvalue weighted by Gasteiger charge is 2.30. The number of ether oxygens (including phenoxy) is 2. The van der Waals surface area contributed by atoms with Crippen molar-refractivity contribution < 1.29 is 27.4 Å². The predicted molar refractivity (Wildman–Crippen MR) is 135 cm³/mol. The number of anilines is 1. The van der Waals surface area contributed by atoms with Crippen LogP contribution in [-0.4, -0.2) is 55.2 Å². The van der Waals surface area contributed by atoms with E-state index in [1.165, 1.54) is 12.1 Å². The zero-order valence-corrected chi connectivity index (χ0v) is 20.4. The number of carbonyl (C=O) groups is 1. The van der Waals surface area contributed by atoms with E-state index in [9.17, 15) is 18.0 Å². The summed E-state index contributed by atoms with van der Waals surface area (Å²) in [5, 5.41) is 2.64. The van der Waals surface area contributed by atoms with E-state index in [1.54, 1.807) is 4.90 Å². The van der Waals surface area contributed by atoms with E-state index in [4.69, 9.17) is 9.47 Å². The molecule has 0 saturated carbocycles. The first-order chi connectivity index (χ1) is 17.9. The molecule has 0 spiro atoms. The molecule has 0 atom stereocenters. The number of urea groups is 1. The van der Waals surface area contributed by atoms with Crippen molar-refractivity contribution in [1.82, 2.24) is 9.80 Å². The first-order valence-corrected chi connectivity index (χ1v) is 12.2. The molecule has 0 unspecified atom stereocenters. The van der Waals surface area contributed by atoms with E-state index < -0.39 is 17.8 Å². The molecular formula is C28H30F3N3O3.